The third-order valence-electron chi connectivity index (χ3n) is 4.82. The summed E-state index contributed by atoms with van der Waals surface area (Å²) in [5, 5.41) is 19.4. The number of nitrogens with one attached hydrogen (secondary N) is 2. The lowest BCUT2D eigenvalue weighted by atomic mass is 9.97. The van der Waals surface area contributed by atoms with E-state index in [9.17, 15) is 9.59 Å². The molecule has 2 aliphatic heterocycles. The Hall–Kier alpha value is -1.87. The van der Waals surface area contributed by atoms with E-state index in [1.54, 1.807) is 9.80 Å². The molecule has 0 unspecified atom stereocenters. The highest BCUT2D eigenvalue weighted by molar-refractivity contribution is 5.83. The van der Waals surface area contributed by atoms with Crippen molar-refractivity contribution in [2.75, 3.05) is 32.8 Å². The van der Waals surface area contributed by atoms with E-state index in [0.29, 0.717) is 26.2 Å². The topological polar surface area (TPSA) is 149 Å². The Kier molecular flexibility index (Phi) is 6.38. The fourth-order valence-corrected chi connectivity index (χ4v) is 3.40. The number of carbonyl (C=O) groups excluding carboxylic acids is 2. The van der Waals surface area contributed by atoms with Gasteiger partial charge >= 0.3 is 0 Å². The lowest BCUT2D eigenvalue weighted by Crippen LogP contribution is -2.52. The van der Waals surface area contributed by atoms with Crippen LogP contribution in [-0.2, 0) is 9.59 Å². The molecule has 2 fully saturated rings. The molecule has 2 rings (SSSR count). The lowest BCUT2D eigenvalue weighted by Gasteiger charge is -2.33. The lowest BCUT2D eigenvalue weighted by molar-refractivity contribution is -0.135. The molecule has 9 heteroatoms. The van der Waals surface area contributed by atoms with Gasteiger partial charge in [0, 0.05) is 32.2 Å². The fraction of sp³-hybridized carbons (Fsp3) is 0.800. The summed E-state index contributed by atoms with van der Waals surface area (Å²) in [6.45, 7) is 1.79. The van der Waals surface area contributed by atoms with E-state index in [0.717, 1.165) is 25.7 Å². The van der Waals surface area contributed by atoms with Crippen molar-refractivity contribution in [1.29, 1.82) is 5.41 Å². The third kappa shape index (κ3) is 4.35. The quantitative estimate of drug-likeness (QED) is 0.289. The number of hydrogen-bond donors (Lipinski definition) is 5. The smallest absolute Gasteiger partial charge is 0.242 e. The largest absolute Gasteiger partial charge is 0.394 e. The Bertz CT molecular complexity index is 486. The van der Waals surface area contributed by atoms with Crippen molar-refractivity contribution in [2.45, 2.75) is 37.8 Å². The summed E-state index contributed by atoms with van der Waals surface area (Å²) in [5.74, 6) is -0.521. The second-order valence-electron chi connectivity index (χ2n) is 6.53. The van der Waals surface area contributed by atoms with E-state index in [-0.39, 0.29) is 36.3 Å². The van der Waals surface area contributed by atoms with Gasteiger partial charge in [0.15, 0.2) is 5.96 Å². The summed E-state index contributed by atoms with van der Waals surface area (Å²) in [4.78, 5) is 27.9. The summed E-state index contributed by atoms with van der Waals surface area (Å²) in [7, 11) is 0. The van der Waals surface area contributed by atoms with Crippen molar-refractivity contribution in [1.82, 2.24) is 15.1 Å². The first kappa shape index (κ1) is 18.5. The summed E-state index contributed by atoms with van der Waals surface area (Å²) < 4.78 is 0. The molecule has 2 saturated heterocycles. The fourth-order valence-electron chi connectivity index (χ4n) is 3.40. The van der Waals surface area contributed by atoms with Gasteiger partial charge in [0.05, 0.1) is 12.5 Å². The van der Waals surface area contributed by atoms with Crippen LogP contribution in [0.2, 0.25) is 0 Å². The number of likely N-dealkylation sites (tertiary alicyclic amines) is 2. The molecule has 0 aromatic heterocycles. The van der Waals surface area contributed by atoms with Gasteiger partial charge in [-0.15, -0.1) is 0 Å². The van der Waals surface area contributed by atoms with Gasteiger partial charge in [0.1, 0.15) is 6.04 Å². The molecule has 2 heterocycles. The van der Waals surface area contributed by atoms with Crippen molar-refractivity contribution in [2.24, 2.45) is 17.4 Å². The van der Waals surface area contributed by atoms with Gasteiger partial charge in [-0.25, -0.2) is 0 Å². The van der Waals surface area contributed by atoms with Crippen LogP contribution in [0.4, 0.5) is 0 Å². The van der Waals surface area contributed by atoms with Crippen LogP contribution >= 0.6 is 0 Å². The number of nitrogens with zero attached hydrogens (tertiary/aromatic N) is 2. The number of aliphatic hydroxyl groups excluding tert-OH is 1. The summed E-state index contributed by atoms with van der Waals surface area (Å²) in [6.07, 6.45) is 3.29. The highest BCUT2D eigenvalue weighted by Gasteiger charge is 2.32. The molecule has 9 nitrogen and oxygen atoms in total. The number of hydrogen-bond acceptors (Lipinski definition) is 5. The molecule has 24 heavy (non-hydrogen) atoms. The van der Waals surface area contributed by atoms with Crippen LogP contribution in [0.3, 0.4) is 0 Å². The zero-order valence-corrected chi connectivity index (χ0v) is 13.9. The third-order valence-corrected chi connectivity index (χ3v) is 4.82. The number of guanidine groups is 1. The maximum Gasteiger partial charge on any atom is 0.242 e. The summed E-state index contributed by atoms with van der Waals surface area (Å²) >= 11 is 0. The van der Waals surface area contributed by atoms with Gasteiger partial charge < -0.3 is 31.7 Å². The van der Waals surface area contributed by atoms with Crippen LogP contribution in [-0.4, -0.2) is 77.5 Å². The molecule has 136 valence electrons. The van der Waals surface area contributed by atoms with Crippen molar-refractivity contribution < 1.29 is 14.7 Å². The minimum Gasteiger partial charge on any atom is -0.394 e. The first-order valence-corrected chi connectivity index (χ1v) is 8.47. The van der Waals surface area contributed by atoms with Gasteiger partial charge in [-0.3, -0.25) is 15.0 Å². The van der Waals surface area contributed by atoms with Crippen LogP contribution < -0.4 is 16.8 Å². The maximum absolute atomic E-state index is 12.4. The molecule has 0 aliphatic carbocycles. The van der Waals surface area contributed by atoms with Gasteiger partial charge in [-0.1, -0.05) is 0 Å². The first-order valence-electron chi connectivity index (χ1n) is 8.47. The maximum atomic E-state index is 12.4. The Morgan fingerprint density at radius 2 is 2.00 bits per heavy atom. The molecule has 2 aliphatic rings. The molecule has 0 aromatic rings. The Labute approximate surface area is 141 Å². The SMILES string of the molecule is N=C(N)N1CCC[C@@H](C(=O)NC[C@@H]2CCCN2C(=O)[C@@H](N)CO)C1. The Balaban J connectivity index is 1.84. The molecule has 0 radical (unpaired) electrons. The van der Waals surface area contributed by atoms with Crippen LogP contribution in [0.5, 0.6) is 0 Å². The number of nitrogens with two attached hydrogens (primary N) is 2. The predicted octanol–water partition coefficient (Wildman–Crippen LogP) is -1.98. The number of rotatable bonds is 5. The minimum absolute atomic E-state index is 0.00180. The number of aliphatic hydroxyl groups is 1. The zero-order chi connectivity index (χ0) is 17.7. The van der Waals surface area contributed by atoms with Crippen LogP contribution in [0.25, 0.3) is 0 Å². The number of carbonyl (C=O) groups is 2. The normalized spacial score (nSPS) is 25.4. The average molecular weight is 340 g/mol. The van der Waals surface area contributed by atoms with Crippen LogP contribution in [0, 0.1) is 11.3 Å². The zero-order valence-electron chi connectivity index (χ0n) is 13.9. The van der Waals surface area contributed by atoms with E-state index < -0.39 is 6.04 Å². The van der Waals surface area contributed by atoms with E-state index in [2.05, 4.69) is 5.32 Å². The van der Waals surface area contributed by atoms with Crippen molar-refractivity contribution in [3.8, 4) is 0 Å². The standard InChI is InChI=1S/C15H28N6O3/c16-12(9-22)14(24)21-6-2-4-11(21)7-19-13(23)10-3-1-5-20(8-10)15(17)18/h10-12,22H,1-9,16H2,(H3,17,18)(H,19,23)/t10-,11+,12+/m1/s1. The van der Waals surface area contributed by atoms with Gasteiger partial charge in [-0.2, -0.15) is 0 Å². The Morgan fingerprint density at radius 1 is 1.29 bits per heavy atom. The van der Waals surface area contributed by atoms with Gasteiger partial charge in [-0.05, 0) is 25.7 Å². The second kappa shape index (κ2) is 8.29. The molecule has 0 aromatic carbocycles. The van der Waals surface area contributed by atoms with Gasteiger partial charge in [0.2, 0.25) is 11.8 Å². The highest BCUT2D eigenvalue weighted by atomic mass is 16.3. The molecule has 3 atom stereocenters. The molecular formula is C15H28N6O3. The molecule has 0 saturated carbocycles. The summed E-state index contributed by atoms with van der Waals surface area (Å²) in [6, 6.07) is -0.977. The van der Waals surface area contributed by atoms with E-state index in [4.69, 9.17) is 22.0 Å². The molecule has 0 spiro atoms. The monoisotopic (exact) mass is 340 g/mol. The van der Waals surface area contributed by atoms with Crippen molar-refractivity contribution in [3.05, 3.63) is 0 Å². The number of amides is 2. The minimum atomic E-state index is -0.899. The van der Waals surface area contributed by atoms with E-state index in [1.165, 1.54) is 0 Å². The molecular weight excluding hydrogens is 312 g/mol. The van der Waals surface area contributed by atoms with Crippen LogP contribution in [0.1, 0.15) is 25.7 Å². The molecule has 0 bridgehead atoms. The van der Waals surface area contributed by atoms with Gasteiger partial charge in [0.25, 0.3) is 0 Å². The van der Waals surface area contributed by atoms with E-state index in [1.807, 2.05) is 0 Å². The van der Waals surface area contributed by atoms with E-state index >= 15 is 0 Å². The van der Waals surface area contributed by atoms with Crippen LogP contribution in [0.15, 0.2) is 0 Å². The molecule has 7 N–H and O–H groups in total. The van der Waals surface area contributed by atoms with Crippen molar-refractivity contribution in [3.63, 3.8) is 0 Å². The second-order valence-corrected chi connectivity index (χ2v) is 6.53. The average Bonchev–Trinajstić information content (AvgIpc) is 3.06. The predicted molar refractivity (Wildman–Crippen MR) is 89.0 cm³/mol. The summed E-state index contributed by atoms with van der Waals surface area (Å²) in [5.41, 5.74) is 11.1. The number of piperidine rings is 1. The first-order chi connectivity index (χ1) is 11.4. The highest BCUT2D eigenvalue weighted by Crippen LogP contribution is 2.19. The molecule has 2 amide bonds. The Morgan fingerprint density at radius 3 is 2.67 bits per heavy atom. The van der Waals surface area contributed by atoms with Crippen molar-refractivity contribution >= 4 is 17.8 Å².